The second-order valence-electron chi connectivity index (χ2n) is 8.89. The highest BCUT2D eigenvalue weighted by Gasteiger charge is 2.24. The Morgan fingerprint density at radius 3 is 2.37 bits per heavy atom. The van der Waals surface area contributed by atoms with Crippen molar-refractivity contribution in [2.45, 2.75) is 45.3 Å². The smallest absolute Gasteiger partial charge is 0.253 e. The molecule has 0 fully saturated rings. The third-order valence-corrected chi connectivity index (χ3v) is 6.77. The molecule has 0 bridgehead atoms. The van der Waals surface area contributed by atoms with Gasteiger partial charge in [-0.2, -0.15) is 0 Å². The SMILES string of the molecule is Cc1cc(C)cc(NC(=O)CSc2nnc([C@@H](CC(C)C)NC(=O)c3ccc(Cl)cc3Cl)n2C)c1. The number of halogens is 2. The molecule has 3 rings (SSSR count). The third-order valence-electron chi connectivity index (χ3n) is 5.21. The van der Waals surface area contributed by atoms with Gasteiger partial charge in [-0.15, -0.1) is 10.2 Å². The van der Waals surface area contributed by atoms with Crippen molar-refractivity contribution < 1.29 is 9.59 Å². The molecule has 0 unspecified atom stereocenters. The summed E-state index contributed by atoms with van der Waals surface area (Å²) >= 11 is 13.5. The van der Waals surface area contributed by atoms with E-state index in [2.05, 4.69) is 40.7 Å². The highest BCUT2D eigenvalue weighted by Crippen LogP contribution is 2.26. The molecule has 0 aliphatic heterocycles. The van der Waals surface area contributed by atoms with Crippen LogP contribution in [0, 0.1) is 19.8 Å². The minimum atomic E-state index is -0.384. The quantitative estimate of drug-likeness (QED) is 0.330. The van der Waals surface area contributed by atoms with Crippen LogP contribution in [0.5, 0.6) is 0 Å². The molecule has 7 nitrogen and oxygen atoms in total. The van der Waals surface area contributed by atoms with Crippen LogP contribution in [-0.2, 0) is 11.8 Å². The first-order valence-corrected chi connectivity index (χ1v) is 12.9. The fourth-order valence-corrected chi connectivity index (χ4v) is 4.95. The Bertz CT molecular complexity index is 1210. The van der Waals surface area contributed by atoms with E-state index < -0.39 is 0 Å². The van der Waals surface area contributed by atoms with Gasteiger partial charge in [0.1, 0.15) is 0 Å². The molecule has 1 atom stereocenters. The van der Waals surface area contributed by atoms with E-state index in [-0.39, 0.29) is 34.5 Å². The molecule has 35 heavy (non-hydrogen) atoms. The maximum absolute atomic E-state index is 12.9. The van der Waals surface area contributed by atoms with Crippen LogP contribution < -0.4 is 10.6 Å². The van der Waals surface area contributed by atoms with Crippen molar-refractivity contribution in [3.8, 4) is 0 Å². The Balaban J connectivity index is 1.70. The zero-order chi connectivity index (χ0) is 25.7. The van der Waals surface area contributed by atoms with E-state index in [4.69, 9.17) is 23.2 Å². The Labute approximate surface area is 220 Å². The molecule has 3 aromatic rings. The number of benzene rings is 2. The van der Waals surface area contributed by atoms with Crippen LogP contribution in [0.3, 0.4) is 0 Å². The molecule has 0 saturated heterocycles. The lowest BCUT2D eigenvalue weighted by molar-refractivity contribution is -0.113. The van der Waals surface area contributed by atoms with Crippen molar-refractivity contribution in [3.05, 3.63) is 69.0 Å². The molecule has 2 N–H and O–H groups in total. The summed E-state index contributed by atoms with van der Waals surface area (Å²) in [5.74, 6) is 0.628. The fourth-order valence-electron chi connectivity index (χ4n) is 3.74. The molecule has 1 aromatic heterocycles. The second kappa shape index (κ2) is 11.9. The van der Waals surface area contributed by atoms with Gasteiger partial charge in [0, 0.05) is 17.8 Å². The number of anilines is 1. The van der Waals surface area contributed by atoms with E-state index in [1.807, 2.05) is 37.6 Å². The van der Waals surface area contributed by atoms with Crippen molar-refractivity contribution in [2.24, 2.45) is 13.0 Å². The Kier molecular flexibility index (Phi) is 9.21. The summed E-state index contributed by atoms with van der Waals surface area (Å²) in [7, 11) is 1.83. The summed E-state index contributed by atoms with van der Waals surface area (Å²) in [6.07, 6.45) is 0.654. The fraction of sp³-hybridized carbons (Fsp3) is 0.360. The largest absolute Gasteiger partial charge is 0.342 e. The number of aromatic nitrogens is 3. The maximum atomic E-state index is 12.9. The molecule has 10 heteroatoms. The highest BCUT2D eigenvalue weighted by molar-refractivity contribution is 7.99. The van der Waals surface area contributed by atoms with E-state index in [1.165, 1.54) is 17.8 Å². The lowest BCUT2D eigenvalue weighted by atomic mass is 10.0. The van der Waals surface area contributed by atoms with Crippen LogP contribution in [0.1, 0.15) is 53.6 Å². The van der Waals surface area contributed by atoms with Crippen LogP contribution in [-0.4, -0.2) is 32.3 Å². The number of hydrogen-bond donors (Lipinski definition) is 2. The minimum absolute atomic E-state index is 0.131. The first-order chi connectivity index (χ1) is 16.5. The number of rotatable bonds is 9. The van der Waals surface area contributed by atoms with Gasteiger partial charge in [-0.3, -0.25) is 9.59 Å². The highest BCUT2D eigenvalue weighted by atomic mass is 35.5. The van der Waals surface area contributed by atoms with Crippen LogP contribution >= 0.6 is 35.0 Å². The number of nitrogens with zero attached hydrogens (tertiary/aromatic N) is 3. The zero-order valence-corrected chi connectivity index (χ0v) is 22.7. The summed E-state index contributed by atoms with van der Waals surface area (Å²) in [5, 5.41) is 15.9. The van der Waals surface area contributed by atoms with Crippen molar-refractivity contribution >= 4 is 52.5 Å². The van der Waals surface area contributed by atoms with E-state index >= 15 is 0 Å². The molecule has 0 saturated carbocycles. The molecule has 0 spiro atoms. The zero-order valence-electron chi connectivity index (χ0n) is 20.4. The molecule has 186 valence electrons. The molecular weight excluding hydrogens is 505 g/mol. The molecule has 0 aliphatic rings. The third kappa shape index (κ3) is 7.46. The van der Waals surface area contributed by atoms with E-state index in [1.54, 1.807) is 12.1 Å². The van der Waals surface area contributed by atoms with E-state index in [0.717, 1.165) is 16.8 Å². The van der Waals surface area contributed by atoms with Gasteiger partial charge in [-0.1, -0.05) is 54.9 Å². The number of aryl methyl sites for hydroxylation is 2. The molecule has 1 heterocycles. The summed E-state index contributed by atoms with van der Waals surface area (Å²) < 4.78 is 1.81. The average Bonchev–Trinajstić information content (AvgIpc) is 3.10. The van der Waals surface area contributed by atoms with E-state index in [0.29, 0.717) is 28.0 Å². The second-order valence-corrected chi connectivity index (χ2v) is 10.7. The van der Waals surface area contributed by atoms with Gasteiger partial charge in [0.25, 0.3) is 5.91 Å². The Hall–Kier alpha value is -2.55. The lowest BCUT2D eigenvalue weighted by Gasteiger charge is -2.20. The topological polar surface area (TPSA) is 88.9 Å². The van der Waals surface area contributed by atoms with Crippen molar-refractivity contribution in [1.29, 1.82) is 0 Å². The van der Waals surface area contributed by atoms with Gasteiger partial charge in [0.05, 0.1) is 22.4 Å². The number of amides is 2. The summed E-state index contributed by atoms with van der Waals surface area (Å²) in [6.45, 7) is 8.12. The minimum Gasteiger partial charge on any atom is -0.342 e. The van der Waals surface area contributed by atoms with Crippen molar-refractivity contribution in [2.75, 3.05) is 11.1 Å². The van der Waals surface area contributed by atoms with Gasteiger partial charge in [-0.25, -0.2) is 0 Å². The normalized spacial score (nSPS) is 12.0. The number of carbonyl (C=O) groups excluding carboxylic acids is 2. The Morgan fingerprint density at radius 1 is 1.06 bits per heavy atom. The first kappa shape index (κ1) is 27.0. The molecule has 0 aliphatic carbocycles. The van der Waals surface area contributed by atoms with Gasteiger partial charge in [0.2, 0.25) is 5.91 Å². The van der Waals surface area contributed by atoms with Gasteiger partial charge in [-0.05, 0) is 67.6 Å². The van der Waals surface area contributed by atoms with Crippen LogP contribution in [0.4, 0.5) is 5.69 Å². The number of carbonyl (C=O) groups is 2. The number of nitrogens with one attached hydrogen (secondary N) is 2. The molecule has 2 aromatic carbocycles. The van der Waals surface area contributed by atoms with E-state index in [9.17, 15) is 9.59 Å². The van der Waals surface area contributed by atoms with Gasteiger partial charge >= 0.3 is 0 Å². The Morgan fingerprint density at radius 2 is 1.74 bits per heavy atom. The van der Waals surface area contributed by atoms with Gasteiger partial charge < -0.3 is 15.2 Å². The molecule has 0 radical (unpaired) electrons. The van der Waals surface area contributed by atoms with Crippen LogP contribution in [0.15, 0.2) is 41.6 Å². The van der Waals surface area contributed by atoms with Crippen molar-refractivity contribution in [3.63, 3.8) is 0 Å². The summed E-state index contributed by atoms with van der Waals surface area (Å²) in [5.41, 5.74) is 3.28. The number of thioether (sulfide) groups is 1. The summed E-state index contributed by atoms with van der Waals surface area (Å²) in [4.78, 5) is 25.4. The summed E-state index contributed by atoms with van der Waals surface area (Å²) in [6, 6.07) is 10.3. The van der Waals surface area contributed by atoms with Crippen molar-refractivity contribution in [1.82, 2.24) is 20.1 Å². The lowest BCUT2D eigenvalue weighted by Crippen LogP contribution is -2.31. The average molecular weight is 535 g/mol. The first-order valence-electron chi connectivity index (χ1n) is 11.2. The van der Waals surface area contributed by atoms with Crippen LogP contribution in [0.25, 0.3) is 0 Å². The monoisotopic (exact) mass is 533 g/mol. The molecular formula is C25H29Cl2N5O2S. The maximum Gasteiger partial charge on any atom is 0.253 e. The predicted molar refractivity (Wildman–Crippen MR) is 142 cm³/mol. The predicted octanol–water partition coefficient (Wildman–Crippen LogP) is 5.99. The van der Waals surface area contributed by atoms with Crippen LogP contribution in [0.2, 0.25) is 10.0 Å². The molecule has 2 amide bonds. The number of hydrogen-bond acceptors (Lipinski definition) is 5. The standard InChI is InChI=1S/C25H29Cl2N5O2S/c1-14(2)8-21(29-24(34)19-7-6-17(26)12-20(19)27)23-30-31-25(32(23)5)35-13-22(33)28-18-10-15(3)9-16(4)11-18/h6-7,9-12,14,21H,8,13H2,1-5H3,(H,28,33)(H,29,34)/t21-/m1/s1. The van der Waals surface area contributed by atoms with Gasteiger partial charge in [0.15, 0.2) is 11.0 Å².